The second kappa shape index (κ2) is 12.2. The van der Waals surface area contributed by atoms with Crippen molar-refractivity contribution in [1.29, 1.82) is 0 Å². The minimum atomic E-state index is 0.0229. The van der Waals surface area contributed by atoms with Crippen molar-refractivity contribution in [3.8, 4) is 45.5 Å². The molecule has 14 rings (SSSR count). The molecule has 0 N–H and O–H groups in total. The Hall–Kier alpha value is -7.24. The molecule has 60 heavy (non-hydrogen) atoms. The summed E-state index contributed by atoms with van der Waals surface area (Å²) < 4.78 is 21.2. The molecule has 6 heteroatoms. The van der Waals surface area contributed by atoms with Gasteiger partial charge in [-0.25, -0.2) is 0 Å². The minimum absolute atomic E-state index is 0.0229. The molecule has 0 saturated heterocycles. The number of rotatable bonds is 3. The van der Waals surface area contributed by atoms with E-state index < -0.39 is 0 Å². The summed E-state index contributed by atoms with van der Waals surface area (Å²) in [5.74, 6) is 3.55. The molecule has 0 radical (unpaired) electrons. The van der Waals surface area contributed by atoms with Gasteiger partial charge in [-0.1, -0.05) is 0 Å². The first-order valence-electron chi connectivity index (χ1n) is 20.4. The first-order chi connectivity index (χ1) is 29.8. The van der Waals surface area contributed by atoms with Crippen molar-refractivity contribution in [2.75, 3.05) is 0 Å². The number of fused-ring (bicyclic) bond motifs is 13. The average Bonchev–Trinajstić information content (AvgIpc) is 3.96. The molecule has 0 saturated carbocycles. The predicted octanol–water partition coefficient (Wildman–Crippen LogP) is 11.6. The molecule has 0 amide bonds. The molecule has 0 aliphatic carbocycles. The van der Waals surface area contributed by atoms with Crippen LogP contribution in [0, 0.1) is 0 Å². The number of ether oxygens (including phenoxy) is 2. The number of aromatic nitrogens is 2. The van der Waals surface area contributed by atoms with Crippen LogP contribution in [0.3, 0.4) is 0 Å². The molecule has 5 heterocycles. The molecule has 2 aliphatic heterocycles. The number of benzene rings is 9. The predicted molar refractivity (Wildman–Crippen MR) is 250 cm³/mol. The molecule has 278 valence electrons. The zero-order valence-corrected chi connectivity index (χ0v) is 33.8. The van der Waals surface area contributed by atoms with Crippen LogP contribution in [0.25, 0.3) is 85.4 Å². The quantitative estimate of drug-likeness (QED) is 0.166. The Morgan fingerprint density at radius 1 is 0.383 bits per heavy atom. The van der Waals surface area contributed by atoms with Crippen LogP contribution in [-0.2, 0) is 0 Å². The van der Waals surface area contributed by atoms with Gasteiger partial charge in [-0.05, 0) is 0 Å². The molecule has 0 fully saturated rings. The summed E-state index contributed by atoms with van der Waals surface area (Å²) in [5, 5.41) is 7.65. The summed E-state index contributed by atoms with van der Waals surface area (Å²) in [6.07, 6.45) is 0. The second-order valence-corrected chi connectivity index (χ2v) is 18.1. The second-order valence-electron chi connectivity index (χ2n) is 16.0. The van der Waals surface area contributed by atoms with Crippen LogP contribution in [0.2, 0.25) is 0 Å². The first kappa shape index (κ1) is 32.7. The molecule has 0 atom stereocenters. The van der Waals surface area contributed by atoms with Gasteiger partial charge < -0.3 is 0 Å². The molecule has 4 nitrogen and oxygen atoms in total. The zero-order valence-electron chi connectivity index (χ0n) is 32.1. The average molecular weight is 830 g/mol. The molecular formula is C54H31BN2O2Se. The Morgan fingerprint density at radius 2 is 0.900 bits per heavy atom. The van der Waals surface area contributed by atoms with E-state index in [1.54, 1.807) is 0 Å². The Kier molecular flexibility index (Phi) is 6.62. The van der Waals surface area contributed by atoms with Crippen LogP contribution >= 0.6 is 0 Å². The van der Waals surface area contributed by atoms with Gasteiger partial charge in [0.25, 0.3) is 0 Å². The third-order valence-electron chi connectivity index (χ3n) is 12.8. The SMILES string of the molecule is c1ccc2c(c1)Oc1cc(-c3cccc4c3[se]c3c(-n5c6ccccc6c6cc(-n7c8ccccc8c8ccccc87)ccc65)cccc34)cc3c1B2c1ccccc1O3. The summed E-state index contributed by atoms with van der Waals surface area (Å²) in [4.78, 5) is 0. The Bertz CT molecular complexity index is 3690. The van der Waals surface area contributed by atoms with Gasteiger partial charge in [0.1, 0.15) is 0 Å². The maximum atomic E-state index is 6.73. The van der Waals surface area contributed by atoms with Crippen molar-refractivity contribution in [1.82, 2.24) is 9.13 Å². The van der Waals surface area contributed by atoms with Gasteiger partial charge in [0.15, 0.2) is 0 Å². The fourth-order valence-electron chi connectivity index (χ4n) is 10.3. The molecular weight excluding hydrogens is 798 g/mol. The molecule has 0 unspecified atom stereocenters. The number of nitrogens with zero attached hydrogens (tertiary/aromatic N) is 2. The van der Waals surface area contributed by atoms with Crippen molar-refractivity contribution in [2.24, 2.45) is 0 Å². The van der Waals surface area contributed by atoms with E-state index in [9.17, 15) is 0 Å². The standard InChI is InChI=1S/C54H31BN2O2Se/c1-6-21-43-35(13-1)36-14-2-7-22-44(36)56(43)33-27-28-46-40(31-33)37-15-3-8-23-45(37)57(46)47-24-12-18-39-38-17-11-16-34(53(38)60-54(39)47)32-29-50-52-51(30-32)59-49-26-10-5-20-42(49)55(52)41-19-4-9-25-48(41)58-50/h1-31H. The van der Waals surface area contributed by atoms with Gasteiger partial charge in [0.2, 0.25) is 0 Å². The third-order valence-corrected chi connectivity index (χ3v) is 15.5. The monoisotopic (exact) mass is 830 g/mol. The van der Waals surface area contributed by atoms with Crippen LogP contribution in [0.15, 0.2) is 188 Å². The van der Waals surface area contributed by atoms with Crippen LogP contribution in [0.4, 0.5) is 0 Å². The Labute approximate surface area is 350 Å². The van der Waals surface area contributed by atoms with E-state index in [1.165, 1.54) is 85.1 Å². The fourth-order valence-corrected chi connectivity index (χ4v) is 13.1. The van der Waals surface area contributed by atoms with Crippen molar-refractivity contribution in [3.05, 3.63) is 188 Å². The Balaban J connectivity index is 0.965. The van der Waals surface area contributed by atoms with Crippen LogP contribution in [0.5, 0.6) is 23.0 Å². The van der Waals surface area contributed by atoms with Gasteiger partial charge >= 0.3 is 353 Å². The van der Waals surface area contributed by atoms with Crippen LogP contribution < -0.4 is 25.9 Å². The summed E-state index contributed by atoms with van der Waals surface area (Å²) in [6, 6.07) is 68.4. The van der Waals surface area contributed by atoms with Crippen molar-refractivity contribution < 1.29 is 9.47 Å². The third kappa shape index (κ3) is 4.41. The topological polar surface area (TPSA) is 28.3 Å². The van der Waals surface area contributed by atoms with E-state index in [1.807, 2.05) is 0 Å². The molecule has 2 aliphatic rings. The van der Waals surface area contributed by atoms with Crippen LogP contribution in [-0.4, -0.2) is 30.4 Å². The molecule has 12 aromatic rings. The van der Waals surface area contributed by atoms with Gasteiger partial charge in [-0.2, -0.15) is 0 Å². The van der Waals surface area contributed by atoms with Gasteiger partial charge in [0.05, 0.1) is 0 Å². The van der Waals surface area contributed by atoms with Crippen molar-refractivity contribution in [3.63, 3.8) is 0 Å². The number of hydrogen-bond acceptors (Lipinski definition) is 2. The molecule has 0 spiro atoms. The van der Waals surface area contributed by atoms with E-state index in [0.717, 1.165) is 39.7 Å². The van der Waals surface area contributed by atoms with E-state index in [4.69, 9.17) is 9.47 Å². The molecule has 9 aromatic carbocycles. The van der Waals surface area contributed by atoms with Gasteiger partial charge in [-0.15, -0.1) is 0 Å². The normalized spacial score (nSPS) is 12.9. The summed E-state index contributed by atoms with van der Waals surface area (Å²) in [6.45, 7) is 0.0562. The summed E-state index contributed by atoms with van der Waals surface area (Å²) in [5.41, 5.74) is 13.1. The summed E-state index contributed by atoms with van der Waals surface area (Å²) in [7, 11) is 0. The van der Waals surface area contributed by atoms with Crippen LogP contribution in [0.1, 0.15) is 0 Å². The van der Waals surface area contributed by atoms with E-state index >= 15 is 0 Å². The molecule has 0 bridgehead atoms. The van der Waals surface area contributed by atoms with E-state index in [2.05, 4.69) is 197 Å². The van der Waals surface area contributed by atoms with E-state index in [0.29, 0.717) is 0 Å². The maximum absolute atomic E-state index is 6.73. The van der Waals surface area contributed by atoms with Crippen molar-refractivity contribution >= 4 is 101 Å². The fraction of sp³-hybridized carbons (Fsp3) is 0. The Morgan fingerprint density at radius 3 is 1.57 bits per heavy atom. The van der Waals surface area contributed by atoms with Crippen molar-refractivity contribution in [2.45, 2.75) is 0 Å². The molecule has 3 aromatic heterocycles. The van der Waals surface area contributed by atoms with E-state index in [-0.39, 0.29) is 21.2 Å². The van der Waals surface area contributed by atoms with Gasteiger partial charge in [-0.3, -0.25) is 0 Å². The zero-order chi connectivity index (χ0) is 39.1. The number of hydrogen-bond donors (Lipinski definition) is 0. The summed E-state index contributed by atoms with van der Waals surface area (Å²) >= 11 is 0.0229. The number of para-hydroxylation sites is 5. The van der Waals surface area contributed by atoms with Gasteiger partial charge in [0, 0.05) is 0 Å². The first-order valence-corrected chi connectivity index (χ1v) is 22.2.